The van der Waals surface area contributed by atoms with Crippen LogP contribution in [0.4, 0.5) is 13.2 Å². The van der Waals surface area contributed by atoms with Gasteiger partial charge in [0.1, 0.15) is 19.4 Å². The van der Waals surface area contributed by atoms with Crippen molar-refractivity contribution in [2.75, 3.05) is 13.7 Å². The van der Waals surface area contributed by atoms with Gasteiger partial charge in [-0.1, -0.05) is 46.7 Å². The highest BCUT2D eigenvalue weighted by molar-refractivity contribution is 6.42. The molecule has 0 amide bonds. The molecule has 0 radical (unpaired) electrons. The van der Waals surface area contributed by atoms with Gasteiger partial charge in [0.2, 0.25) is 0 Å². The number of aliphatic hydroxyl groups is 1. The minimum absolute atomic E-state index is 0.0442. The Labute approximate surface area is 163 Å². The highest BCUT2D eigenvalue weighted by Gasteiger charge is 2.30. The number of oxime groups is 2. The quantitative estimate of drug-likeness (QED) is 0.515. The number of carbonyl (C=O) groups is 1. The van der Waals surface area contributed by atoms with E-state index in [9.17, 15) is 28.2 Å². The lowest BCUT2D eigenvalue weighted by molar-refractivity contribution is -0.137. The van der Waals surface area contributed by atoms with Crippen LogP contribution in [0, 0.1) is 0 Å². The predicted octanol–water partition coefficient (Wildman–Crippen LogP) is 3.05. The number of halogens is 3. The molecule has 0 atom stereocenters. The normalized spacial score (nSPS) is 12.6. The summed E-state index contributed by atoms with van der Waals surface area (Å²) in [6.45, 7) is -0.872. The Hall–Kier alpha value is -3.40. The SMILES string of the molecule is CO/N=C(/C(=O)O)c1ccccc1CO/N=C(\CO)c1cccc(C(F)(F)F)c1. The van der Waals surface area contributed by atoms with Gasteiger partial charge in [-0.2, -0.15) is 13.2 Å². The van der Waals surface area contributed by atoms with E-state index in [4.69, 9.17) is 4.84 Å². The maximum absolute atomic E-state index is 12.9. The van der Waals surface area contributed by atoms with Gasteiger partial charge in [0.25, 0.3) is 0 Å². The number of aliphatic carboxylic acids is 1. The van der Waals surface area contributed by atoms with E-state index >= 15 is 0 Å². The fraction of sp³-hybridized carbons (Fsp3) is 0.211. The lowest BCUT2D eigenvalue weighted by Crippen LogP contribution is -2.17. The standard InChI is InChI=1S/C19H17F3N2O5/c1-28-24-17(18(26)27)15-8-3-2-5-13(15)11-29-23-16(10-25)12-6-4-7-14(9-12)19(20,21)22/h2-9,25H,10-11H2,1H3,(H,26,27)/b23-16+,24-17+. The van der Waals surface area contributed by atoms with Crippen molar-refractivity contribution in [3.63, 3.8) is 0 Å². The lowest BCUT2D eigenvalue weighted by Gasteiger charge is -2.10. The fourth-order valence-electron chi connectivity index (χ4n) is 2.40. The first kappa shape index (κ1) is 21.9. The molecule has 0 bridgehead atoms. The first-order valence-corrected chi connectivity index (χ1v) is 8.18. The molecule has 2 rings (SSSR count). The summed E-state index contributed by atoms with van der Waals surface area (Å²) in [4.78, 5) is 21.1. The van der Waals surface area contributed by atoms with E-state index in [1.807, 2.05) is 0 Å². The Kier molecular flexibility index (Phi) is 7.32. The smallest absolute Gasteiger partial charge is 0.416 e. The number of nitrogens with zero attached hydrogens (tertiary/aromatic N) is 2. The molecule has 0 aliphatic rings. The largest absolute Gasteiger partial charge is 0.476 e. The molecular weight excluding hydrogens is 393 g/mol. The van der Waals surface area contributed by atoms with Crippen LogP contribution < -0.4 is 0 Å². The first-order chi connectivity index (χ1) is 13.8. The molecule has 2 aromatic carbocycles. The lowest BCUT2D eigenvalue weighted by atomic mass is 10.0. The first-order valence-electron chi connectivity index (χ1n) is 8.18. The summed E-state index contributed by atoms with van der Waals surface area (Å²) in [5.41, 5.74) is -0.683. The minimum atomic E-state index is -4.54. The molecule has 0 saturated heterocycles. The van der Waals surface area contributed by atoms with Crippen molar-refractivity contribution in [2.24, 2.45) is 10.3 Å². The molecular formula is C19H17F3N2O5. The summed E-state index contributed by atoms with van der Waals surface area (Å²) < 4.78 is 38.6. The summed E-state index contributed by atoms with van der Waals surface area (Å²) in [6.07, 6.45) is -4.54. The zero-order chi connectivity index (χ0) is 21.4. The Bertz CT molecular complexity index is 926. The summed E-state index contributed by atoms with van der Waals surface area (Å²) in [7, 11) is 1.20. The Morgan fingerprint density at radius 2 is 1.83 bits per heavy atom. The number of aliphatic hydroxyl groups excluding tert-OH is 1. The third kappa shape index (κ3) is 5.79. The van der Waals surface area contributed by atoms with Crippen molar-refractivity contribution in [1.82, 2.24) is 0 Å². The molecule has 0 saturated carbocycles. The van der Waals surface area contributed by atoms with Crippen LogP contribution in [-0.4, -0.2) is 41.3 Å². The van der Waals surface area contributed by atoms with Crippen molar-refractivity contribution in [1.29, 1.82) is 0 Å². The number of hydrogen-bond donors (Lipinski definition) is 2. The molecule has 7 nitrogen and oxygen atoms in total. The average molecular weight is 410 g/mol. The van der Waals surface area contributed by atoms with Crippen LogP contribution in [0.1, 0.15) is 22.3 Å². The van der Waals surface area contributed by atoms with Crippen molar-refractivity contribution < 1.29 is 37.9 Å². The summed E-state index contributed by atoms with van der Waals surface area (Å²) in [5, 5.41) is 25.9. The molecule has 154 valence electrons. The van der Waals surface area contributed by atoms with Crippen molar-refractivity contribution >= 4 is 17.4 Å². The van der Waals surface area contributed by atoms with Crippen LogP contribution in [0.5, 0.6) is 0 Å². The van der Waals surface area contributed by atoms with E-state index in [2.05, 4.69) is 15.1 Å². The number of benzene rings is 2. The van der Waals surface area contributed by atoms with Gasteiger partial charge in [-0.3, -0.25) is 0 Å². The molecule has 0 aliphatic carbocycles. The summed E-state index contributed by atoms with van der Waals surface area (Å²) in [5.74, 6) is -1.32. The number of alkyl halides is 3. The summed E-state index contributed by atoms with van der Waals surface area (Å²) in [6, 6.07) is 10.6. The number of rotatable bonds is 8. The summed E-state index contributed by atoms with van der Waals surface area (Å²) >= 11 is 0. The van der Waals surface area contributed by atoms with Gasteiger partial charge in [-0.05, 0) is 12.1 Å². The van der Waals surface area contributed by atoms with Gasteiger partial charge >= 0.3 is 12.1 Å². The molecule has 0 unspecified atom stereocenters. The predicted molar refractivity (Wildman–Crippen MR) is 97.5 cm³/mol. The zero-order valence-electron chi connectivity index (χ0n) is 15.2. The third-order valence-electron chi connectivity index (χ3n) is 3.73. The van der Waals surface area contributed by atoms with Crippen LogP contribution in [0.3, 0.4) is 0 Å². The maximum atomic E-state index is 12.9. The van der Waals surface area contributed by atoms with Gasteiger partial charge in [0.05, 0.1) is 12.2 Å². The van der Waals surface area contributed by atoms with E-state index in [1.165, 1.54) is 25.3 Å². The molecule has 0 heterocycles. The Morgan fingerprint density at radius 1 is 1.10 bits per heavy atom. The van der Waals surface area contributed by atoms with Crippen LogP contribution in [0.15, 0.2) is 58.8 Å². The van der Waals surface area contributed by atoms with E-state index in [0.717, 1.165) is 12.1 Å². The second kappa shape index (κ2) is 9.69. The fourth-order valence-corrected chi connectivity index (χ4v) is 2.40. The van der Waals surface area contributed by atoms with Gasteiger partial charge in [-0.25, -0.2) is 4.79 Å². The van der Waals surface area contributed by atoms with Crippen molar-refractivity contribution in [2.45, 2.75) is 12.8 Å². The molecule has 2 aromatic rings. The topological polar surface area (TPSA) is 101 Å². The van der Waals surface area contributed by atoms with E-state index in [-0.39, 0.29) is 29.2 Å². The number of hydrogen-bond acceptors (Lipinski definition) is 6. The third-order valence-corrected chi connectivity index (χ3v) is 3.73. The Morgan fingerprint density at radius 3 is 2.45 bits per heavy atom. The van der Waals surface area contributed by atoms with Gasteiger partial charge in [0, 0.05) is 16.7 Å². The number of carboxylic acid groups (broad SMARTS) is 1. The van der Waals surface area contributed by atoms with Gasteiger partial charge in [0.15, 0.2) is 5.71 Å². The highest BCUT2D eigenvalue weighted by atomic mass is 19.4. The second-order valence-corrected chi connectivity index (χ2v) is 5.63. The van der Waals surface area contributed by atoms with Crippen LogP contribution >= 0.6 is 0 Å². The minimum Gasteiger partial charge on any atom is -0.476 e. The molecule has 29 heavy (non-hydrogen) atoms. The maximum Gasteiger partial charge on any atom is 0.416 e. The second-order valence-electron chi connectivity index (χ2n) is 5.63. The van der Waals surface area contributed by atoms with Gasteiger partial charge in [-0.15, -0.1) is 0 Å². The zero-order valence-corrected chi connectivity index (χ0v) is 15.2. The van der Waals surface area contributed by atoms with E-state index in [1.54, 1.807) is 18.2 Å². The monoisotopic (exact) mass is 410 g/mol. The van der Waals surface area contributed by atoms with E-state index < -0.39 is 24.3 Å². The molecule has 0 spiro atoms. The number of carboxylic acids is 1. The van der Waals surface area contributed by atoms with Crippen LogP contribution in [-0.2, 0) is 27.3 Å². The van der Waals surface area contributed by atoms with Crippen LogP contribution in [0.2, 0.25) is 0 Å². The van der Waals surface area contributed by atoms with Gasteiger partial charge < -0.3 is 19.9 Å². The molecule has 10 heteroatoms. The Balaban J connectivity index is 2.25. The molecule has 0 aromatic heterocycles. The van der Waals surface area contributed by atoms with Crippen molar-refractivity contribution in [3.8, 4) is 0 Å². The molecule has 0 aliphatic heterocycles. The molecule has 0 fully saturated rings. The van der Waals surface area contributed by atoms with Crippen LogP contribution in [0.25, 0.3) is 0 Å². The van der Waals surface area contributed by atoms with Crippen molar-refractivity contribution in [3.05, 3.63) is 70.8 Å². The van der Waals surface area contributed by atoms with E-state index in [0.29, 0.717) is 5.56 Å². The average Bonchev–Trinajstić information content (AvgIpc) is 2.69. The molecule has 2 N–H and O–H groups in total. The highest BCUT2D eigenvalue weighted by Crippen LogP contribution is 2.29.